The first kappa shape index (κ1) is 36.1. The lowest BCUT2D eigenvalue weighted by molar-refractivity contribution is -0.00518. The molecular formula is C62H51N. The highest BCUT2D eigenvalue weighted by Gasteiger charge is 2.53. The van der Waals surface area contributed by atoms with Gasteiger partial charge in [0.25, 0.3) is 0 Å². The Hall–Kier alpha value is -6.44. The molecule has 7 aliphatic rings. The van der Waals surface area contributed by atoms with E-state index in [0.29, 0.717) is 5.41 Å². The molecule has 0 atom stereocenters. The summed E-state index contributed by atoms with van der Waals surface area (Å²) in [7, 11) is 0. The molecule has 304 valence electrons. The molecule has 1 spiro atoms. The molecule has 0 aromatic heterocycles. The van der Waals surface area contributed by atoms with Gasteiger partial charge in [0.1, 0.15) is 0 Å². The minimum atomic E-state index is -0.422. The fraction of sp³-hybridized carbons (Fsp3) is 0.226. The largest absolute Gasteiger partial charge is 0.310 e. The van der Waals surface area contributed by atoms with Crippen LogP contribution in [0.4, 0.5) is 17.1 Å². The molecule has 7 aliphatic carbocycles. The van der Waals surface area contributed by atoms with E-state index in [1.165, 1.54) is 133 Å². The molecule has 8 aromatic carbocycles. The van der Waals surface area contributed by atoms with Crippen molar-refractivity contribution in [3.05, 3.63) is 221 Å². The second kappa shape index (κ2) is 12.8. The highest BCUT2D eigenvalue weighted by atomic mass is 15.1. The van der Waals surface area contributed by atoms with Crippen molar-refractivity contribution in [2.45, 2.75) is 68.6 Å². The Balaban J connectivity index is 0.979. The Morgan fingerprint density at radius 3 is 1.41 bits per heavy atom. The average Bonchev–Trinajstić information content (AvgIpc) is 3.87. The topological polar surface area (TPSA) is 3.24 Å². The number of nitrogens with zero attached hydrogens (tertiary/aromatic N) is 1. The van der Waals surface area contributed by atoms with Crippen LogP contribution in [-0.4, -0.2) is 0 Å². The predicted molar refractivity (Wildman–Crippen MR) is 260 cm³/mol. The summed E-state index contributed by atoms with van der Waals surface area (Å²) < 4.78 is 0. The van der Waals surface area contributed by atoms with E-state index in [2.05, 4.69) is 201 Å². The van der Waals surface area contributed by atoms with Gasteiger partial charge in [0, 0.05) is 22.4 Å². The first-order chi connectivity index (χ1) is 30.9. The van der Waals surface area contributed by atoms with E-state index in [9.17, 15) is 0 Å². The van der Waals surface area contributed by atoms with Gasteiger partial charge in [0.15, 0.2) is 0 Å². The maximum atomic E-state index is 2.57. The van der Waals surface area contributed by atoms with Gasteiger partial charge >= 0.3 is 0 Å². The highest BCUT2D eigenvalue weighted by Crippen LogP contribution is 2.64. The van der Waals surface area contributed by atoms with Crippen LogP contribution in [0.2, 0.25) is 0 Å². The Morgan fingerprint density at radius 2 is 0.825 bits per heavy atom. The minimum Gasteiger partial charge on any atom is -0.310 e. The van der Waals surface area contributed by atoms with E-state index < -0.39 is 5.41 Å². The van der Waals surface area contributed by atoms with E-state index in [1.54, 1.807) is 5.56 Å². The summed E-state index contributed by atoms with van der Waals surface area (Å²) in [5.74, 6) is 2.79. The number of hydrogen-bond donors (Lipinski definition) is 0. The fourth-order valence-electron chi connectivity index (χ4n) is 14.9. The smallest absolute Gasteiger partial charge is 0.0726 e. The molecule has 1 nitrogen and oxygen atoms in total. The van der Waals surface area contributed by atoms with Crippen molar-refractivity contribution in [3.8, 4) is 44.5 Å². The minimum absolute atomic E-state index is 0.0688. The quantitative estimate of drug-likeness (QED) is 0.167. The summed E-state index contributed by atoms with van der Waals surface area (Å²) in [6.45, 7) is 4.76. The number of para-hydroxylation sites is 1. The summed E-state index contributed by atoms with van der Waals surface area (Å²) in [4.78, 5) is 2.57. The van der Waals surface area contributed by atoms with Crippen LogP contribution >= 0.6 is 0 Å². The molecule has 15 rings (SSSR count). The molecule has 0 heterocycles. The zero-order valence-electron chi connectivity index (χ0n) is 36.2. The van der Waals surface area contributed by atoms with Crippen LogP contribution in [0, 0.1) is 17.8 Å². The third kappa shape index (κ3) is 4.84. The number of anilines is 3. The van der Waals surface area contributed by atoms with Gasteiger partial charge < -0.3 is 4.90 Å². The second-order valence-corrected chi connectivity index (χ2v) is 20.6. The number of hydrogen-bond acceptors (Lipinski definition) is 1. The molecular weight excluding hydrogens is 759 g/mol. The number of fused-ring (bicyclic) bond motifs is 13. The van der Waals surface area contributed by atoms with Gasteiger partial charge in [-0.3, -0.25) is 0 Å². The Morgan fingerprint density at radius 1 is 0.381 bits per heavy atom. The van der Waals surface area contributed by atoms with Crippen molar-refractivity contribution in [3.63, 3.8) is 0 Å². The summed E-state index contributed by atoms with van der Waals surface area (Å²) in [6, 6.07) is 70.2. The van der Waals surface area contributed by atoms with Crippen molar-refractivity contribution >= 4 is 17.1 Å². The molecule has 63 heavy (non-hydrogen) atoms. The third-order valence-corrected chi connectivity index (χ3v) is 17.1. The molecule has 4 fully saturated rings. The van der Waals surface area contributed by atoms with Crippen LogP contribution in [0.1, 0.15) is 91.3 Å². The van der Waals surface area contributed by atoms with Gasteiger partial charge in [-0.2, -0.15) is 0 Å². The molecule has 0 unspecified atom stereocenters. The molecule has 8 aromatic rings. The SMILES string of the molecule is CC1(C)c2ccccc2-c2cc(N(c3ccc4c(c3)C3(c5ccccc5-c5ccccc53)c3ccccc3-4)c3ccccc3-c3ccc(C45CC6CC(CC(C6)C4)C5)cc3)ccc21. The monoisotopic (exact) mass is 809 g/mol. The van der Waals surface area contributed by atoms with Crippen LogP contribution in [-0.2, 0) is 16.2 Å². The maximum Gasteiger partial charge on any atom is 0.0726 e. The molecule has 4 saturated carbocycles. The molecule has 0 amide bonds. The number of rotatable bonds is 5. The van der Waals surface area contributed by atoms with Crippen molar-refractivity contribution < 1.29 is 0 Å². The molecule has 0 radical (unpaired) electrons. The van der Waals surface area contributed by atoms with Crippen LogP contribution < -0.4 is 4.90 Å². The molecule has 0 aliphatic heterocycles. The van der Waals surface area contributed by atoms with Gasteiger partial charge in [0.2, 0.25) is 0 Å². The average molecular weight is 810 g/mol. The van der Waals surface area contributed by atoms with Gasteiger partial charge in [-0.1, -0.05) is 166 Å². The van der Waals surface area contributed by atoms with E-state index in [1.807, 2.05) is 0 Å². The summed E-state index contributed by atoms with van der Waals surface area (Å²) >= 11 is 0. The normalized spacial score (nSPS) is 22.9. The molecule has 0 saturated heterocycles. The fourth-order valence-corrected chi connectivity index (χ4v) is 14.9. The first-order valence-electron chi connectivity index (χ1n) is 23.6. The standard InChI is InChI=1S/C62H51N/c1-60(2)53-18-8-3-17-50(53)52-34-44(28-30-54(52)60)63(59-22-12-7-13-46(59)42-23-25-43(26-24-42)61-36-39-31-40(37-61)33-41(32-39)38-61)45-27-29-51-49-16-6-11-21-57(49)62(58(51)35-45)55-19-9-4-14-47(55)48-15-5-10-20-56(48)62/h3-30,34-35,39-41H,31-33,36-38H2,1-2H3. The van der Waals surface area contributed by atoms with E-state index in [0.717, 1.165) is 17.8 Å². The lowest BCUT2D eigenvalue weighted by atomic mass is 9.48. The summed E-state index contributed by atoms with van der Waals surface area (Å²) in [6.07, 6.45) is 8.59. The Labute approximate surface area is 372 Å². The summed E-state index contributed by atoms with van der Waals surface area (Å²) in [5.41, 5.74) is 23.8. The maximum absolute atomic E-state index is 2.57. The van der Waals surface area contributed by atoms with Gasteiger partial charge in [0.05, 0.1) is 11.1 Å². The van der Waals surface area contributed by atoms with Crippen molar-refractivity contribution in [2.24, 2.45) is 17.8 Å². The molecule has 1 heteroatoms. The van der Waals surface area contributed by atoms with Crippen molar-refractivity contribution in [1.82, 2.24) is 0 Å². The summed E-state index contributed by atoms with van der Waals surface area (Å²) in [5, 5.41) is 0. The van der Waals surface area contributed by atoms with Crippen LogP contribution in [0.15, 0.2) is 182 Å². The Kier molecular flexibility index (Phi) is 7.35. The van der Waals surface area contributed by atoms with Gasteiger partial charge in [-0.15, -0.1) is 0 Å². The van der Waals surface area contributed by atoms with Gasteiger partial charge in [-0.05, 0) is 170 Å². The lowest BCUT2D eigenvalue weighted by Gasteiger charge is -2.57. The third-order valence-electron chi connectivity index (χ3n) is 17.1. The van der Waals surface area contributed by atoms with Crippen LogP contribution in [0.5, 0.6) is 0 Å². The highest BCUT2D eigenvalue weighted by molar-refractivity contribution is 5.97. The van der Waals surface area contributed by atoms with Crippen LogP contribution in [0.25, 0.3) is 44.5 Å². The van der Waals surface area contributed by atoms with Crippen molar-refractivity contribution in [2.75, 3.05) is 4.90 Å². The zero-order valence-corrected chi connectivity index (χ0v) is 36.2. The molecule has 0 N–H and O–H groups in total. The predicted octanol–water partition coefficient (Wildman–Crippen LogP) is 15.9. The lowest BCUT2D eigenvalue weighted by Crippen LogP contribution is -2.48. The number of benzene rings is 8. The van der Waals surface area contributed by atoms with E-state index in [-0.39, 0.29) is 5.41 Å². The zero-order chi connectivity index (χ0) is 41.7. The van der Waals surface area contributed by atoms with Crippen molar-refractivity contribution in [1.29, 1.82) is 0 Å². The second-order valence-electron chi connectivity index (χ2n) is 20.6. The van der Waals surface area contributed by atoms with E-state index in [4.69, 9.17) is 0 Å². The van der Waals surface area contributed by atoms with E-state index >= 15 is 0 Å². The molecule has 4 bridgehead atoms. The van der Waals surface area contributed by atoms with Gasteiger partial charge in [-0.25, -0.2) is 0 Å². The van der Waals surface area contributed by atoms with Crippen LogP contribution in [0.3, 0.4) is 0 Å². The first-order valence-corrected chi connectivity index (χ1v) is 23.6. The Bertz CT molecular complexity index is 3100.